The van der Waals surface area contributed by atoms with E-state index in [1.54, 1.807) is 12.1 Å². The molecule has 4 heterocycles. The van der Waals surface area contributed by atoms with Crippen molar-refractivity contribution in [2.24, 2.45) is 0 Å². The van der Waals surface area contributed by atoms with Crippen molar-refractivity contribution >= 4 is 44.0 Å². The molecule has 0 radical (unpaired) electrons. The molecule has 27 heavy (non-hydrogen) atoms. The molecule has 2 aliphatic rings. The number of hydrogen-bond donors (Lipinski definition) is 2. The van der Waals surface area contributed by atoms with Gasteiger partial charge >= 0.3 is 160 Å². The monoisotopic (exact) mass is 414 g/mol. The van der Waals surface area contributed by atoms with Gasteiger partial charge in [-0.15, -0.1) is 0 Å². The van der Waals surface area contributed by atoms with Crippen molar-refractivity contribution in [1.82, 2.24) is 19.5 Å². The molecule has 2 saturated heterocycles. The summed E-state index contributed by atoms with van der Waals surface area (Å²) in [5.41, 5.74) is 6.53. The summed E-state index contributed by atoms with van der Waals surface area (Å²) < 4.78 is 24.8. The second-order valence-corrected chi connectivity index (χ2v) is 9.15. The third-order valence-electron chi connectivity index (χ3n) is 4.44. The number of nitrogen functional groups attached to an aromatic ring is 1. The summed E-state index contributed by atoms with van der Waals surface area (Å²) in [4.78, 5) is 12.2. The van der Waals surface area contributed by atoms with Gasteiger partial charge in [0, 0.05) is 0 Å². The number of halogens is 1. The molecule has 0 unspecified atom stereocenters. The number of rotatable bonds is 4. The minimum absolute atomic E-state index is 0.0305. The summed E-state index contributed by atoms with van der Waals surface area (Å²) in [5.74, 6) is 0.138. The molecule has 3 N–H and O–H groups in total. The summed E-state index contributed by atoms with van der Waals surface area (Å²) in [7, 11) is -1.25. The van der Waals surface area contributed by atoms with Gasteiger partial charge in [-0.1, -0.05) is 0 Å². The van der Waals surface area contributed by atoms with E-state index < -0.39 is 32.4 Å². The average molecular weight is 415 g/mol. The van der Waals surface area contributed by atoms with Crippen LogP contribution in [0.25, 0.3) is 11.2 Å². The van der Waals surface area contributed by atoms with Crippen LogP contribution in [0.3, 0.4) is 0 Å². The number of nitriles is 1. The fourth-order valence-electron chi connectivity index (χ4n) is 3.20. The number of ether oxygens (including phenoxy) is 1. The van der Waals surface area contributed by atoms with Crippen LogP contribution in [0.1, 0.15) is 12.6 Å². The number of hydrogen-bond acceptors (Lipinski definition) is 10. The van der Waals surface area contributed by atoms with Gasteiger partial charge in [-0.05, 0) is 0 Å². The van der Waals surface area contributed by atoms with Gasteiger partial charge in [0.25, 0.3) is 0 Å². The van der Waals surface area contributed by atoms with Gasteiger partial charge in [-0.2, -0.15) is 0 Å². The maximum absolute atomic E-state index is 10.8. The van der Waals surface area contributed by atoms with E-state index in [9.17, 15) is 5.11 Å². The number of aromatic nitrogens is 4. The van der Waals surface area contributed by atoms with Crippen LogP contribution in [0, 0.1) is 11.3 Å². The second-order valence-electron chi connectivity index (χ2n) is 6.27. The summed E-state index contributed by atoms with van der Waals surface area (Å²) >= 11 is 5.89. The first kappa shape index (κ1) is 18.8. The molecule has 0 bridgehead atoms. The maximum atomic E-state index is 10.8. The zero-order valence-corrected chi connectivity index (χ0v) is 16.0. The van der Waals surface area contributed by atoms with Crippen LogP contribution in [0.15, 0.2) is 6.33 Å². The van der Waals surface area contributed by atoms with E-state index in [1.807, 2.05) is 6.07 Å². The number of imidazole rings is 1. The van der Waals surface area contributed by atoms with Crippen LogP contribution in [0.4, 0.5) is 5.82 Å². The molecule has 0 spiro atoms. The van der Waals surface area contributed by atoms with Gasteiger partial charge in [0.2, 0.25) is 0 Å². The van der Waals surface area contributed by atoms with Crippen LogP contribution in [0.2, 0.25) is 5.28 Å². The van der Waals surface area contributed by atoms with Gasteiger partial charge in [0.1, 0.15) is 0 Å². The van der Waals surface area contributed by atoms with Crippen molar-refractivity contribution in [3.8, 4) is 6.07 Å². The molecule has 144 valence electrons. The number of nitrogens with zero attached hydrogens (tertiary/aromatic N) is 5. The molecule has 11 nitrogen and oxygen atoms in total. The third kappa shape index (κ3) is 3.36. The summed E-state index contributed by atoms with van der Waals surface area (Å²) in [5, 5.41) is 19.4. The Hall–Kier alpha value is -1.58. The van der Waals surface area contributed by atoms with Crippen LogP contribution >= 0.6 is 19.4 Å². The number of aliphatic hydroxyl groups excluding tert-OH is 1. The Kier molecular flexibility index (Phi) is 4.94. The predicted molar refractivity (Wildman–Crippen MR) is 98.5 cm³/mol. The van der Waals surface area contributed by atoms with Gasteiger partial charge in [-0.3, -0.25) is 0 Å². The molecule has 4 rings (SSSR count). The summed E-state index contributed by atoms with van der Waals surface area (Å²) in [6.45, 7) is 0.413. The molecule has 2 aromatic rings. The van der Waals surface area contributed by atoms with Crippen molar-refractivity contribution in [2.75, 3.05) is 18.9 Å². The van der Waals surface area contributed by atoms with E-state index in [1.165, 1.54) is 6.33 Å². The third-order valence-corrected chi connectivity index (χ3v) is 6.73. The molecule has 2 aromatic heterocycles. The Morgan fingerprint density at radius 1 is 1.56 bits per heavy atom. The van der Waals surface area contributed by atoms with Crippen LogP contribution < -0.4 is 5.73 Å². The minimum atomic E-state index is -2.97. The number of aliphatic hydroxyl groups is 1. The molecule has 0 amide bonds. The van der Waals surface area contributed by atoms with E-state index in [4.69, 9.17) is 40.9 Å². The number of anilines is 1. The molecular weight excluding hydrogens is 397 g/mol. The summed E-state index contributed by atoms with van der Waals surface area (Å²) in [6.07, 6.45) is -1.27. The van der Waals surface area contributed by atoms with E-state index >= 15 is 0 Å². The molecule has 0 aromatic carbocycles. The van der Waals surface area contributed by atoms with E-state index in [0.717, 1.165) is 0 Å². The number of fused-ring (bicyclic) bond motifs is 2. The molecular formula is C13H17BClN6O5P. The Morgan fingerprint density at radius 2 is 2.37 bits per heavy atom. The average Bonchev–Trinajstić information content (AvgIpc) is 3.17. The molecule has 0 saturated carbocycles. The summed E-state index contributed by atoms with van der Waals surface area (Å²) in [6, 6.07) is 2.00. The fourth-order valence-corrected chi connectivity index (χ4v) is 5.31. The van der Waals surface area contributed by atoms with Gasteiger partial charge in [0.15, 0.2) is 0 Å². The normalized spacial score (nSPS) is 30.7. The standard InChI is InChI=1S/C13H17BClN6O5P/c14-27(23-3-1-2-16)24-4-6-9(26-27)8(22)12(25-6)21-5-18-7-10(17)19-13(15)20-11(7)21/h5-6,8-9,12,22,27H,1,3-4,14H2,(H2,17,19,20)/t6-,8+,9+,12-/m1/s1. The molecule has 0 aliphatic carbocycles. The quantitative estimate of drug-likeness (QED) is 0.295. The zero-order chi connectivity index (χ0) is 19.2. The van der Waals surface area contributed by atoms with Crippen LogP contribution in [-0.4, -0.2) is 63.7 Å². The predicted octanol–water partition coefficient (Wildman–Crippen LogP) is -0.291. The van der Waals surface area contributed by atoms with Crippen molar-refractivity contribution < 1.29 is 23.4 Å². The van der Waals surface area contributed by atoms with Crippen LogP contribution in [0.5, 0.6) is 0 Å². The van der Waals surface area contributed by atoms with Crippen molar-refractivity contribution in [1.29, 1.82) is 5.26 Å². The number of nitrogens with two attached hydrogens (primary N) is 1. The first-order chi connectivity index (χ1) is 12.9. The molecule has 2 fully saturated rings. The van der Waals surface area contributed by atoms with Crippen molar-refractivity contribution in [3.05, 3.63) is 11.6 Å². The van der Waals surface area contributed by atoms with Crippen molar-refractivity contribution in [2.45, 2.75) is 31.0 Å². The van der Waals surface area contributed by atoms with Gasteiger partial charge in [-0.25, -0.2) is 0 Å². The van der Waals surface area contributed by atoms with E-state index in [2.05, 4.69) is 15.0 Å². The molecule has 14 heteroatoms. The first-order valence-corrected chi connectivity index (χ1v) is 10.8. The fraction of sp³-hybridized carbons (Fsp3) is 0.538. The van der Waals surface area contributed by atoms with Crippen molar-refractivity contribution in [3.63, 3.8) is 0 Å². The SMILES string of the molecule is B[PH]1(OCCC#N)OC[C@H]2O[C@@H](n3cnc4c(N)nc(Cl)nc43)[C@@H](O)[C@H]2O1. The Bertz CT molecular complexity index is 913. The second kappa shape index (κ2) is 7.11. The Labute approximate surface area is 160 Å². The molecule has 4 atom stereocenters. The Balaban J connectivity index is 1.57. The van der Waals surface area contributed by atoms with E-state index in [0.29, 0.717) is 11.2 Å². The Morgan fingerprint density at radius 3 is 3.15 bits per heavy atom. The zero-order valence-electron chi connectivity index (χ0n) is 14.3. The van der Waals surface area contributed by atoms with E-state index in [-0.39, 0.29) is 30.7 Å². The topological polar surface area (TPSA) is 151 Å². The van der Waals surface area contributed by atoms with Gasteiger partial charge < -0.3 is 0 Å². The molecule has 2 aliphatic heterocycles. The first-order valence-electron chi connectivity index (χ1n) is 8.23. The van der Waals surface area contributed by atoms with Crippen LogP contribution in [-0.2, 0) is 18.3 Å². The van der Waals surface area contributed by atoms with Gasteiger partial charge in [0.05, 0.1) is 0 Å².